The molecule has 9 nitrogen and oxygen atoms in total. The molecular formula is C16H18N4O5S2. The van der Waals surface area contributed by atoms with Crippen molar-refractivity contribution in [3.63, 3.8) is 0 Å². The molecule has 1 aliphatic rings. The number of aliphatic hydroxyl groups excluding tert-OH is 1. The Morgan fingerprint density at radius 3 is 2.44 bits per heavy atom. The van der Waals surface area contributed by atoms with Crippen LogP contribution in [-0.4, -0.2) is 54.1 Å². The van der Waals surface area contributed by atoms with Gasteiger partial charge in [-0.15, -0.1) is 0 Å². The van der Waals surface area contributed by atoms with E-state index in [4.69, 9.17) is 9.47 Å². The van der Waals surface area contributed by atoms with Gasteiger partial charge in [-0.3, -0.25) is 0 Å². The highest BCUT2D eigenvalue weighted by atomic mass is 32.2. The lowest BCUT2D eigenvalue weighted by Crippen LogP contribution is -2.45. The van der Waals surface area contributed by atoms with Gasteiger partial charge < -0.3 is 23.7 Å². The number of aryl methyl sites for hydroxylation is 2. The molecule has 0 saturated heterocycles. The topological polar surface area (TPSA) is 108 Å². The van der Waals surface area contributed by atoms with E-state index < -0.39 is 23.3 Å². The zero-order valence-corrected chi connectivity index (χ0v) is 16.5. The molecule has 11 heteroatoms. The number of aliphatic hydroxyl groups is 1. The molecule has 2 aromatic heterocycles. The second kappa shape index (κ2) is 7.69. The van der Waals surface area contributed by atoms with Gasteiger partial charge >= 0.3 is 11.9 Å². The maximum atomic E-state index is 12.8. The summed E-state index contributed by atoms with van der Waals surface area (Å²) in [6, 6.07) is 0. The Morgan fingerprint density at radius 1 is 1.26 bits per heavy atom. The predicted octanol–water partition coefficient (Wildman–Crippen LogP) is 1.67. The first-order valence-electron chi connectivity index (χ1n) is 7.98. The molecule has 0 aliphatic carbocycles. The first-order chi connectivity index (χ1) is 12.9. The van der Waals surface area contributed by atoms with Gasteiger partial charge in [0.15, 0.2) is 10.3 Å². The Hall–Kier alpha value is -2.40. The second-order valence-corrected chi connectivity index (χ2v) is 7.57. The van der Waals surface area contributed by atoms with Gasteiger partial charge in [0.25, 0.3) is 5.60 Å². The summed E-state index contributed by atoms with van der Waals surface area (Å²) in [7, 11) is 3.57. The van der Waals surface area contributed by atoms with Crippen LogP contribution in [0.25, 0.3) is 0 Å². The van der Waals surface area contributed by atoms with Gasteiger partial charge in [-0.1, -0.05) is 11.8 Å². The third-order valence-corrected chi connectivity index (χ3v) is 6.30. The largest absolute Gasteiger partial charge is 0.501 e. The number of hydrogen-bond acceptors (Lipinski definition) is 9. The molecule has 0 bridgehead atoms. The monoisotopic (exact) mass is 410 g/mol. The number of nitrogens with zero attached hydrogens (tertiary/aromatic N) is 4. The summed E-state index contributed by atoms with van der Waals surface area (Å²) in [5.41, 5.74) is -1.77. The fourth-order valence-corrected chi connectivity index (χ4v) is 4.59. The third kappa shape index (κ3) is 3.56. The van der Waals surface area contributed by atoms with E-state index >= 15 is 0 Å². The van der Waals surface area contributed by atoms with Crippen LogP contribution in [0.3, 0.4) is 0 Å². The molecule has 27 heavy (non-hydrogen) atoms. The van der Waals surface area contributed by atoms with Crippen LogP contribution in [0.1, 0.15) is 6.92 Å². The lowest BCUT2D eigenvalue weighted by Gasteiger charge is -2.27. The summed E-state index contributed by atoms with van der Waals surface area (Å²) in [5, 5.41) is 11.4. The average Bonchev–Trinajstić information content (AvgIpc) is 3.29. The van der Waals surface area contributed by atoms with E-state index in [1.807, 2.05) is 7.05 Å². The van der Waals surface area contributed by atoms with E-state index in [1.165, 1.54) is 11.8 Å². The molecule has 1 N–H and O–H groups in total. The molecule has 3 rings (SSSR count). The predicted molar refractivity (Wildman–Crippen MR) is 98.1 cm³/mol. The van der Waals surface area contributed by atoms with E-state index in [0.717, 1.165) is 11.8 Å². The second-order valence-electron chi connectivity index (χ2n) is 5.65. The van der Waals surface area contributed by atoms with Crippen LogP contribution in [0.2, 0.25) is 0 Å². The molecule has 144 valence electrons. The smallest absolute Gasteiger partial charge is 0.375 e. The van der Waals surface area contributed by atoms with Crippen molar-refractivity contribution in [3.8, 4) is 0 Å². The minimum absolute atomic E-state index is 0.000751. The number of imidazole rings is 2. The first-order valence-corrected chi connectivity index (χ1v) is 9.79. The number of thioether (sulfide) groups is 2. The van der Waals surface area contributed by atoms with Gasteiger partial charge in [-0.2, -0.15) is 0 Å². The molecule has 0 aromatic carbocycles. The van der Waals surface area contributed by atoms with E-state index in [2.05, 4.69) is 9.97 Å². The molecule has 2 aromatic rings. The molecule has 1 aliphatic heterocycles. The number of carbonyl (C=O) groups excluding carboxylic acids is 2. The molecule has 0 fully saturated rings. The van der Waals surface area contributed by atoms with Crippen molar-refractivity contribution in [2.75, 3.05) is 12.4 Å². The summed E-state index contributed by atoms with van der Waals surface area (Å²) in [5.74, 6) is -2.34. The van der Waals surface area contributed by atoms with E-state index in [-0.39, 0.29) is 17.3 Å². The van der Waals surface area contributed by atoms with Crippen LogP contribution >= 0.6 is 23.5 Å². The van der Waals surface area contributed by atoms with Gasteiger partial charge in [-0.05, 0) is 18.7 Å². The highest BCUT2D eigenvalue weighted by molar-refractivity contribution is 8.03. The van der Waals surface area contributed by atoms with Gasteiger partial charge in [0.05, 0.1) is 17.3 Å². The molecule has 0 amide bonds. The normalized spacial score (nSPS) is 19.4. The maximum absolute atomic E-state index is 12.8. The molecule has 0 radical (unpaired) electrons. The molecule has 3 heterocycles. The van der Waals surface area contributed by atoms with Crippen molar-refractivity contribution < 1.29 is 24.2 Å². The summed E-state index contributed by atoms with van der Waals surface area (Å²) in [4.78, 5) is 33.4. The lowest BCUT2D eigenvalue weighted by atomic mass is 10.1. The summed E-state index contributed by atoms with van der Waals surface area (Å²) in [6.07, 6.45) is 6.67. The van der Waals surface area contributed by atoms with Crippen molar-refractivity contribution in [2.24, 2.45) is 14.1 Å². The van der Waals surface area contributed by atoms with E-state index in [9.17, 15) is 14.7 Å². The Labute approximate surface area is 163 Å². The SMILES string of the molecule is CCOC(=O)C1(CSc2nccn2C)OC(=O)C(O)=C1Sc1nccn1C. The van der Waals surface area contributed by atoms with Crippen molar-refractivity contribution in [3.05, 3.63) is 35.5 Å². The van der Waals surface area contributed by atoms with E-state index in [0.29, 0.717) is 10.3 Å². The minimum Gasteiger partial charge on any atom is -0.501 e. The van der Waals surface area contributed by atoms with Crippen LogP contribution in [0.4, 0.5) is 0 Å². The molecule has 0 saturated carbocycles. The van der Waals surface area contributed by atoms with Gasteiger partial charge in [0.1, 0.15) is 0 Å². The number of ether oxygens (including phenoxy) is 2. The molecule has 1 unspecified atom stereocenters. The Kier molecular flexibility index (Phi) is 5.51. The number of esters is 2. The Morgan fingerprint density at radius 2 is 1.89 bits per heavy atom. The highest BCUT2D eigenvalue weighted by Crippen LogP contribution is 2.45. The quantitative estimate of drug-likeness (QED) is 0.538. The zero-order chi connectivity index (χ0) is 19.6. The van der Waals surface area contributed by atoms with Crippen LogP contribution in [-0.2, 0) is 33.2 Å². The van der Waals surface area contributed by atoms with Crippen LogP contribution in [0, 0.1) is 0 Å². The van der Waals surface area contributed by atoms with Crippen molar-refractivity contribution in [2.45, 2.75) is 22.8 Å². The summed E-state index contributed by atoms with van der Waals surface area (Å²) >= 11 is 2.21. The Bertz CT molecular complexity index is 906. The van der Waals surface area contributed by atoms with Crippen molar-refractivity contribution in [1.29, 1.82) is 0 Å². The third-order valence-electron chi connectivity index (χ3n) is 3.80. The van der Waals surface area contributed by atoms with Crippen LogP contribution in [0.15, 0.2) is 45.8 Å². The molecule has 0 spiro atoms. The Balaban J connectivity index is 1.98. The number of hydrogen-bond donors (Lipinski definition) is 1. The first kappa shape index (κ1) is 19.4. The molecule has 1 atom stereocenters. The average molecular weight is 410 g/mol. The van der Waals surface area contributed by atoms with Gasteiger partial charge in [0, 0.05) is 38.9 Å². The zero-order valence-electron chi connectivity index (χ0n) is 14.9. The van der Waals surface area contributed by atoms with Crippen molar-refractivity contribution in [1.82, 2.24) is 19.1 Å². The van der Waals surface area contributed by atoms with Crippen LogP contribution in [0.5, 0.6) is 0 Å². The van der Waals surface area contributed by atoms with Crippen LogP contribution < -0.4 is 0 Å². The van der Waals surface area contributed by atoms with Gasteiger partial charge in [0.2, 0.25) is 5.76 Å². The number of cyclic esters (lactones) is 1. The van der Waals surface area contributed by atoms with E-state index in [1.54, 1.807) is 47.9 Å². The number of rotatable bonds is 7. The molecular weight excluding hydrogens is 392 g/mol. The number of carbonyl (C=O) groups is 2. The number of aromatic nitrogens is 4. The van der Waals surface area contributed by atoms with Crippen molar-refractivity contribution >= 4 is 35.5 Å². The fraction of sp³-hybridized carbons (Fsp3) is 0.375. The fourth-order valence-electron chi connectivity index (χ4n) is 2.40. The summed E-state index contributed by atoms with van der Waals surface area (Å²) in [6.45, 7) is 1.76. The lowest BCUT2D eigenvalue weighted by molar-refractivity contribution is -0.169. The minimum atomic E-state index is -1.77. The summed E-state index contributed by atoms with van der Waals surface area (Å²) < 4.78 is 14.0. The standard InChI is InChI=1S/C16H18N4O5S2/c1-4-24-13(23)16(9-26-14-17-5-7-19(14)2)11(10(21)12(22)25-16)27-15-18-6-8-20(15)3/h5-8,21H,4,9H2,1-3H3. The maximum Gasteiger partial charge on any atom is 0.375 e. The van der Waals surface area contributed by atoms with Gasteiger partial charge in [-0.25, -0.2) is 19.6 Å². The highest BCUT2D eigenvalue weighted by Gasteiger charge is 2.56.